The largest absolute Gasteiger partial charge is 0.487 e. The number of hydrogen-bond donors (Lipinski definition) is 0. The summed E-state index contributed by atoms with van der Waals surface area (Å²) in [6.07, 6.45) is 2.50. The van der Waals surface area contributed by atoms with Crippen molar-refractivity contribution in [2.24, 2.45) is 5.10 Å². The van der Waals surface area contributed by atoms with E-state index in [-0.39, 0.29) is 17.7 Å². The quantitative estimate of drug-likeness (QED) is 0.207. The van der Waals surface area contributed by atoms with Gasteiger partial charge in [-0.1, -0.05) is 62.7 Å². The first-order chi connectivity index (χ1) is 19.7. The van der Waals surface area contributed by atoms with Crippen LogP contribution in [0.25, 0.3) is 0 Å². The van der Waals surface area contributed by atoms with Gasteiger partial charge in [-0.25, -0.2) is 9.78 Å². The Labute approximate surface area is 238 Å². The smallest absolute Gasteiger partial charge is 0.366 e. The third-order valence-corrected chi connectivity index (χ3v) is 7.15. The van der Waals surface area contributed by atoms with Crippen molar-refractivity contribution < 1.29 is 19.1 Å². The van der Waals surface area contributed by atoms with Gasteiger partial charge in [0.2, 0.25) is 0 Å². The van der Waals surface area contributed by atoms with Gasteiger partial charge in [0, 0.05) is 11.8 Å². The molecule has 10 heteroatoms. The zero-order valence-electron chi connectivity index (χ0n) is 23.7. The highest BCUT2D eigenvalue weighted by Gasteiger charge is 2.41. The van der Waals surface area contributed by atoms with Crippen LogP contribution in [0, 0.1) is 13.8 Å². The maximum atomic E-state index is 13.7. The number of carbonyl (C=O) groups excluding carboxylic acids is 2. The summed E-state index contributed by atoms with van der Waals surface area (Å²) in [5.41, 5.74) is 2.78. The summed E-state index contributed by atoms with van der Waals surface area (Å²) in [5.74, 6) is 0.355. The van der Waals surface area contributed by atoms with Crippen LogP contribution in [-0.2, 0) is 10.2 Å². The number of nitrogens with zero attached hydrogens (tertiary/aromatic N) is 6. The Kier molecular flexibility index (Phi) is 7.65. The van der Waals surface area contributed by atoms with E-state index in [9.17, 15) is 9.59 Å². The van der Waals surface area contributed by atoms with Crippen LogP contribution in [0.3, 0.4) is 0 Å². The molecule has 1 aliphatic heterocycles. The van der Waals surface area contributed by atoms with Gasteiger partial charge < -0.3 is 9.47 Å². The third kappa shape index (κ3) is 5.72. The number of pyridine rings is 1. The molecular formula is C31H32N6O4. The van der Waals surface area contributed by atoms with Crippen molar-refractivity contribution >= 4 is 23.4 Å². The molecule has 10 nitrogen and oxygen atoms in total. The van der Waals surface area contributed by atoms with Gasteiger partial charge in [-0.15, -0.1) is 5.10 Å². The topological polar surface area (TPSA) is 112 Å². The van der Waals surface area contributed by atoms with Crippen LogP contribution in [-0.4, -0.2) is 44.2 Å². The number of anilines is 1. The number of aryl methyl sites for hydroxylation is 2. The zero-order chi connectivity index (χ0) is 29.1. The van der Waals surface area contributed by atoms with Crippen molar-refractivity contribution in [1.29, 1.82) is 0 Å². The molecule has 4 aromatic rings. The molecule has 210 valence electrons. The van der Waals surface area contributed by atoms with Gasteiger partial charge in [-0.05, 0) is 56.0 Å². The molecule has 5 rings (SSSR count). The molecule has 1 amide bonds. The third-order valence-electron chi connectivity index (χ3n) is 7.15. The summed E-state index contributed by atoms with van der Waals surface area (Å²) in [6, 6.07) is 18.9. The molecule has 0 radical (unpaired) electrons. The summed E-state index contributed by atoms with van der Waals surface area (Å²) in [5, 5.41) is 14.6. The summed E-state index contributed by atoms with van der Waals surface area (Å²) in [7, 11) is 0. The molecule has 41 heavy (non-hydrogen) atoms. The number of hydrogen-bond acceptors (Lipinski definition) is 8. The van der Waals surface area contributed by atoms with E-state index in [2.05, 4.69) is 47.1 Å². The van der Waals surface area contributed by atoms with Gasteiger partial charge >= 0.3 is 5.97 Å². The first kappa shape index (κ1) is 27.7. The van der Waals surface area contributed by atoms with E-state index in [0.29, 0.717) is 28.7 Å². The fourth-order valence-corrected chi connectivity index (χ4v) is 4.46. The molecule has 0 N–H and O–H groups in total. The number of hydrazone groups is 1. The van der Waals surface area contributed by atoms with Crippen LogP contribution in [0.4, 0.5) is 5.82 Å². The van der Waals surface area contributed by atoms with Crippen LogP contribution in [0.5, 0.6) is 11.5 Å². The monoisotopic (exact) mass is 552 g/mol. The number of ether oxygens (including phenoxy) is 2. The van der Waals surface area contributed by atoms with Crippen LogP contribution < -0.4 is 14.5 Å². The molecule has 0 fully saturated rings. The van der Waals surface area contributed by atoms with E-state index in [0.717, 1.165) is 17.5 Å². The van der Waals surface area contributed by atoms with Gasteiger partial charge in [0.25, 0.3) is 5.91 Å². The van der Waals surface area contributed by atoms with E-state index in [1.165, 1.54) is 9.81 Å². The molecule has 1 atom stereocenters. The van der Waals surface area contributed by atoms with Gasteiger partial charge in [0.15, 0.2) is 17.6 Å². The first-order valence-electron chi connectivity index (χ1n) is 13.4. The first-order valence-corrected chi connectivity index (χ1v) is 13.4. The predicted octanol–water partition coefficient (Wildman–Crippen LogP) is 5.22. The zero-order valence-corrected chi connectivity index (χ0v) is 23.7. The molecule has 0 bridgehead atoms. The summed E-state index contributed by atoms with van der Waals surface area (Å²) in [4.78, 5) is 32.1. The second-order valence-electron chi connectivity index (χ2n) is 10.5. The van der Waals surface area contributed by atoms with Crippen molar-refractivity contribution in [2.75, 3.05) is 11.6 Å². The van der Waals surface area contributed by atoms with Crippen molar-refractivity contribution in [1.82, 2.24) is 20.0 Å². The predicted molar refractivity (Wildman–Crippen MR) is 154 cm³/mol. The highest BCUT2D eigenvalue weighted by atomic mass is 16.5. The maximum Gasteiger partial charge on any atom is 0.366 e. The minimum atomic E-state index is -1.04. The summed E-state index contributed by atoms with van der Waals surface area (Å²) >= 11 is 0. The number of benzene rings is 2. The van der Waals surface area contributed by atoms with Gasteiger partial charge in [-0.2, -0.15) is 20.0 Å². The Bertz CT molecular complexity index is 1600. The lowest BCUT2D eigenvalue weighted by Crippen LogP contribution is -2.33. The van der Waals surface area contributed by atoms with E-state index < -0.39 is 17.9 Å². The molecule has 0 aliphatic carbocycles. The fourth-order valence-electron chi connectivity index (χ4n) is 4.46. The minimum Gasteiger partial charge on any atom is -0.487 e. The molecule has 0 spiro atoms. The van der Waals surface area contributed by atoms with Crippen LogP contribution in [0.2, 0.25) is 0 Å². The summed E-state index contributed by atoms with van der Waals surface area (Å²) in [6.45, 7) is 10.2. The van der Waals surface area contributed by atoms with E-state index in [4.69, 9.17) is 9.47 Å². The molecule has 0 saturated heterocycles. The fraction of sp³-hybridized carbons (Fsp3) is 0.290. The number of rotatable bonds is 9. The molecule has 3 heterocycles. The Morgan fingerprint density at radius 2 is 1.76 bits per heavy atom. The molecule has 1 aliphatic rings. The lowest BCUT2D eigenvalue weighted by atomic mass is 9.81. The Hall–Kier alpha value is -4.86. The Morgan fingerprint density at radius 3 is 2.46 bits per heavy atom. The van der Waals surface area contributed by atoms with Crippen LogP contribution in [0.15, 0.2) is 78.0 Å². The Morgan fingerprint density at radius 1 is 1.00 bits per heavy atom. The SMILES string of the molecule is CCC(C)(C)c1cc(C)ccc1OCC1=NN(c2ccccn2)C(=O)C1n1nc(C)c(C(=O)Oc2ccccc2)n1. The number of amides is 1. The van der Waals surface area contributed by atoms with E-state index in [1.54, 1.807) is 55.6 Å². The normalized spacial score (nSPS) is 15.1. The highest BCUT2D eigenvalue weighted by molar-refractivity contribution is 6.17. The maximum absolute atomic E-state index is 13.7. The highest BCUT2D eigenvalue weighted by Crippen LogP contribution is 2.35. The van der Waals surface area contributed by atoms with Crippen molar-refractivity contribution in [3.05, 3.63) is 95.4 Å². The number of carbonyl (C=O) groups is 2. The van der Waals surface area contributed by atoms with Gasteiger partial charge in [-0.3, -0.25) is 4.79 Å². The second kappa shape index (κ2) is 11.3. The molecular weight excluding hydrogens is 520 g/mol. The number of para-hydroxylation sites is 1. The number of aromatic nitrogens is 4. The average molecular weight is 553 g/mol. The van der Waals surface area contributed by atoms with Crippen molar-refractivity contribution in [3.63, 3.8) is 0 Å². The molecule has 1 unspecified atom stereocenters. The van der Waals surface area contributed by atoms with E-state index >= 15 is 0 Å². The lowest BCUT2D eigenvalue weighted by molar-refractivity contribution is -0.119. The number of esters is 1. The van der Waals surface area contributed by atoms with Gasteiger partial charge in [0.05, 0.1) is 5.69 Å². The lowest BCUT2D eigenvalue weighted by Gasteiger charge is -2.26. The molecule has 0 saturated carbocycles. The van der Waals surface area contributed by atoms with Crippen molar-refractivity contribution in [3.8, 4) is 11.5 Å². The van der Waals surface area contributed by atoms with Gasteiger partial charge in [0.1, 0.15) is 23.8 Å². The average Bonchev–Trinajstić information content (AvgIpc) is 3.52. The Balaban J connectivity index is 1.47. The minimum absolute atomic E-state index is 0.0000216. The second-order valence-corrected chi connectivity index (χ2v) is 10.5. The van der Waals surface area contributed by atoms with Crippen LogP contribution in [0.1, 0.15) is 60.5 Å². The standard InChI is InChI=1S/C31H32N6O4/c1-6-31(4,5)23-18-20(2)15-16-25(23)40-19-24-28(29(38)36(34-24)26-14-10-11-17-32-26)37-33-21(3)27(35-37)30(39)41-22-12-8-7-9-13-22/h7-18,28H,6,19H2,1-5H3. The van der Waals surface area contributed by atoms with Crippen LogP contribution >= 0.6 is 0 Å². The summed E-state index contributed by atoms with van der Waals surface area (Å²) < 4.78 is 11.8. The molecule has 2 aromatic carbocycles. The van der Waals surface area contributed by atoms with E-state index in [1.807, 2.05) is 25.1 Å². The van der Waals surface area contributed by atoms with Crippen molar-refractivity contribution in [2.45, 2.75) is 52.5 Å². The molecule has 2 aromatic heterocycles.